The highest BCUT2D eigenvalue weighted by Gasteiger charge is 2.33. The number of anilines is 1. The van der Waals surface area contributed by atoms with Gasteiger partial charge in [-0.2, -0.15) is 0 Å². The zero-order valence-electron chi connectivity index (χ0n) is 16.7. The molecule has 0 radical (unpaired) electrons. The number of para-hydroxylation sites is 2. The Morgan fingerprint density at radius 3 is 2.62 bits per heavy atom. The summed E-state index contributed by atoms with van der Waals surface area (Å²) in [4.78, 5) is 28.2. The molecule has 2 aromatic carbocycles. The lowest BCUT2D eigenvalue weighted by Gasteiger charge is -2.22. The molecule has 0 aliphatic carbocycles. The molecule has 0 spiro atoms. The van der Waals surface area contributed by atoms with Gasteiger partial charge in [0.15, 0.2) is 5.16 Å². The van der Waals surface area contributed by atoms with Crippen molar-refractivity contribution >= 4 is 40.4 Å². The van der Waals surface area contributed by atoms with Crippen LogP contribution in [0.1, 0.15) is 27.7 Å². The fourth-order valence-corrected chi connectivity index (χ4v) is 3.88. The van der Waals surface area contributed by atoms with Gasteiger partial charge in [-0.25, -0.2) is 9.37 Å². The van der Waals surface area contributed by atoms with E-state index in [1.54, 1.807) is 37.5 Å². The van der Waals surface area contributed by atoms with Crippen molar-refractivity contribution in [3.63, 3.8) is 0 Å². The average molecular weight is 415 g/mol. The number of benzene rings is 2. The van der Waals surface area contributed by atoms with E-state index in [2.05, 4.69) is 10.3 Å². The Morgan fingerprint density at radius 1 is 1.24 bits per heavy atom. The van der Waals surface area contributed by atoms with Gasteiger partial charge >= 0.3 is 5.97 Å². The lowest BCUT2D eigenvalue weighted by Crippen LogP contribution is -2.30. The van der Waals surface area contributed by atoms with Crippen LogP contribution in [0.3, 0.4) is 0 Å². The number of thioether (sulfide) groups is 1. The van der Waals surface area contributed by atoms with E-state index in [1.165, 1.54) is 24.8 Å². The summed E-state index contributed by atoms with van der Waals surface area (Å²) in [5.74, 6) is -1.17. The molecular weight excluding hydrogens is 393 g/mol. The van der Waals surface area contributed by atoms with Crippen LogP contribution in [0.5, 0.6) is 0 Å². The minimum absolute atomic E-state index is 0.273. The molecule has 0 saturated heterocycles. The van der Waals surface area contributed by atoms with Crippen molar-refractivity contribution in [1.82, 2.24) is 9.55 Å². The maximum Gasteiger partial charge on any atom is 0.322 e. The van der Waals surface area contributed by atoms with Gasteiger partial charge in [0.25, 0.3) is 0 Å². The number of nitrogens with zero attached hydrogens (tertiary/aromatic N) is 2. The van der Waals surface area contributed by atoms with E-state index in [1.807, 2.05) is 24.3 Å². The second kappa shape index (κ2) is 8.24. The summed E-state index contributed by atoms with van der Waals surface area (Å²) in [5.41, 5.74) is 2.03. The van der Waals surface area contributed by atoms with Gasteiger partial charge < -0.3 is 10.1 Å². The van der Waals surface area contributed by atoms with Crippen molar-refractivity contribution < 1.29 is 18.7 Å². The monoisotopic (exact) mass is 415 g/mol. The largest absolute Gasteiger partial charge is 0.465 e. The molecule has 1 aromatic heterocycles. The summed E-state index contributed by atoms with van der Waals surface area (Å²) in [6, 6.07) is 11.8. The predicted octanol–water partition coefficient (Wildman–Crippen LogP) is 4.56. The van der Waals surface area contributed by atoms with E-state index in [0.29, 0.717) is 21.9 Å². The molecule has 3 aromatic rings. The summed E-state index contributed by atoms with van der Waals surface area (Å²) >= 11 is 1.21. The smallest absolute Gasteiger partial charge is 0.322 e. The number of esters is 1. The van der Waals surface area contributed by atoms with Crippen molar-refractivity contribution in [3.8, 4) is 5.69 Å². The standard InChI is InChI=1S/C21H22FN3O3S/c1-5-28-19(27)21(3,4)29-20-24-16-8-6-7-9-18(16)25(20)17-11-10-14(12-15(17)22)23-13(2)26/h6-12H,5H2,1-4H3,(H,23,26). The molecular formula is C21H22FN3O3S. The third-order valence-electron chi connectivity index (χ3n) is 4.15. The molecule has 8 heteroatoms. The third-order valence-corrected chi connectivity index (χ3v) is 5.29. The molecule has 1 N–H and O–H groups in total. The van der Waals surface area contributed by atoms with Crippen LogP contribution in [0.4, 0.5) is 10.1 Å². The van der Waals surface area contributed by atoms with E-state index >= 15 is 0 Å². The molecule has 1 heterocycles. The number of imidazole rings is 1. The third kappa shape index (κ3) is 4.42. The van der Waals surface area contributed by atoms with Crippen molar-refractivity contribution in [2.45, 2.75) is 37.6 Å². The number of carbonyl (C=O) groups is 2. The Morgan fingerprint density at radius 2 is 1.97 bits per heavy atom. The van der Waals surface area contributed by atoms with Crippen LogP contribution in [0.2, 0.25) is 0 Å². The van der Waals surface area contributed by atoms with Crippen molar-refractivity contribution in [2.75, 3.05) is 11.9 Å². The molecule has 0 saturated carbocycles. The number of ether oxygens (including phenoxy) is 1. The lowest BCUT2D eigenvalue weighted by molar-refractivity contribution is -0.145. The van der Waals surface area contributed by atoms with Crippen molar-refractivity contribution in [3.05, 3.63) is 48.3 Å². The van der Waals surface area contributed by atoms with Crippen LogP contribution in [0, 0.1) is 5.82 Å². The first-order valence-corrected chi connectivity index (χ1v) is 9.96. The number of rotatable bonds is 6. The van der Waals surface area contributed by atoms with E-state index in [0.717, 1.165) is 0 Å². The van der Waals surface area contributed by atoms with Gasteiger partial charge in [-0.05, 0) is 51.1 Å². The van der Waals surface area contributed by atoms with Gasteiger partial charge in [0.1, 0.15) is 10.6 Å². The molecule has 0 unspecified atom stereocenters. The maximum atomic E-state index is 15.0. The maximum absolute atomic E-state index is 15.0. The normalized spacial score (nSPS) is 11.5. The minimum atomic E-state index is -0.915. The number of aromatic nitrogens is 2. The van der Waals surface area contributed by atoms with Crippen LogP contribution in [0.15, 0.2) is 47.6 Å². The summed E-state index contributed by atoms with van der Waals surface area (Å²) in [6.07, 6.45) is 0. The highest BCUT2D eigenvalue weighted by Crippen LogP contribution is 2.37. The zero-order chi connectivity index (χ0) is 21.2. The second-order valence-electron chi connectivity index (χ2n) is 6.90. The predicted molar refractivity (Wildman–Crippen MR) is 112 cm³/mol. The number of hydrogen-bond acceptors (Lipinski definition) is 5. The number of hydrogen-bond donors (Lipinski definition) is 1. The fraction of sp³-hybridized carbons (Fsp3) is 0.286. The lowest BCUT2D eigenvalue weighted by atomic mass is 10.2. The first-order valence-electron chi connectivity index (χ1n) is 9.14. The molecule has 152 valence electrons. The van der Waals surface area contributed by atoms with Gasteiger partial charge in [0, 0.05) is 12.6 Å². The molecule has 6 nitrogen and oxygen atoms in total. The number of nitrogens with one attached hydrogen (secondary N) is 1. The van der Waals surface area contributed by atoms with Gasteiger partial charge in [-0.3, -0.25) is 14.2 Å². The molecule has 0 fully saturated rings. The van der Waals surface area contributed by atoms with Crippen molar-refractivity contribution in [2.24, 2.45) is 0 Å². The summed E-state index contributed by atoms with van der Waals surface area (Å²) in [5, 5.41) is 3.03. The van der Waals surface area contributed by atoms with E-state index in [-0.39, 0.29) is 24.2 Å². The molecule has 3 rings (SSSR count). The Balaban J connectivity index is 2.11. The average Bonchev–Trinajstić information content (AvgIpc) is 2.98. The summed E-state index contributed by atoms with van der Waals surface area (Å²) in [6.45, 7) is 6.88. The second-order valence-corrected chi connectivity index (χ2v) is 8.49. The number of fused-ring (bicyclic) bond motifs is 1. The van der Waals surface area contributed by atoms with Gasteiger partial charge in [0.2, 0.25) is 5.91 Å². The number of amides is 1. The van der Waals surface area contributed by atoms with E-state index < -0.39 is 10.6 Å². The Labute approximate surface area is 172 Å². The molecule has 0 atom stereocenters. The highest BCUT2D eigenvalue weighted by atomic mass is 32.2. The Kier molecular flexibility index (Phi) is 5.93. The fourth-order valence-electron chi connectivity index (χ4n) is 2.85. The summed E-state index contributed by atoms with van der Waals surface area (Å²) in [7, 11) is 0. The van der Waals surface area contributed by atoms with E-state index in [4.69, 9.17) is 4.74 Å². The quantitative estimate of drug-likeness (QED) is 0.472. The van der Waals surface area contributed by atoms with Gasteiger partial charge in [0.05, 0.1) is 23.3 Å². The van der Waals surface area contributed by atoms with Crippen LogP contribution >= 0.6 is 11.8 Å². The Hall–Kier alpha value is -2.87. The molecule has 0 aliphatic rings. The topological polar surface area (TPSA) is 73.2 Å². The minimum Gasteiger partial charge on any atom is -0.465 e. The van der Waals surface area contributed by atoms with Crippen LogP contribution in [-0.2, 0) is 14.3 Å². The first-order chi connectivity index (χ1) is 13.7. The molecule has 1 amide bonds. The molecule has 0 aliphatic heterocycles. The van der Waals surface area contributed by atoms with Crippen LogP contribution < -0.4 is 5.32 Å². The number of carbonyl (C=O) groups excluding carboxylic acids is 2. The Bertz CT molecular complexity index is 1080. The van der Waals surface area contributed by atoms with Crippen molar-refractivity contribution in [1.29, 1.82) is 0 Å². The number of halogens is 1. The molecule has 0 bridgehead atoms. The SMILES string of the molecule is CCOC(=O)C(C)(C)Sc1nc2ccccc2n1-c1ccc(NC(C)=O)cc1F. The van der Waals surface area contributed by atoms with Gasteiger partial charge in [-0.1, -0.05) is 23.9 Å². The van der Waals surface area contributed by atoms with Crippen LogP contribution in [0.25, 0.3) is 16.7 Å². The highest BCUT2D eigenvalue weighted by molar-refractivity contribution is 8.01. The summed E-state index contributed by atoms with van der Waals surface area (Å²) < 4.78 is 20.9. The van der Waals surface area contributed by atoms with Crippen LogP contribution in [-0.4, -0.2) is 32.8 Å². The first kappa shape index (κ1) is 20.9. The zero-order valence-corrected chi connectivity index (χ0v) is 17.5. The van der Waals surface area contributed by atoms with E-state index in [9.17, 15) is 14.0 Å². The molecule has 29 heavy (non-hydrogen) atoms. The van der Waals surface area contributed by atoms with Gasteiger partial charge in [-0.15, -0.1) is 0 Å².